The van der Waals surface area contributed by atoms with Crippen molar-refractivity contribution in [2.45, 2.75) is 31.6 Å². The third-order valence-corrected chi connectivity index (χ3v) is 7.01. The maximum Gasteiger partial charge on any atom is 0.235 e. The molecule has 1 aliphatic rings. The van der Waals surface area contributed by atoms with E-state index in [2.05, 4.69) is 45.6 Å². The highest BCUT2D eigenvalue weighted by Crippen LogP contribution is 2.34. The fourth-order valence-electron chi connectivity index (χ4n) is 3.57. The van der Waals surface area contributed by atoms with Crippen molar-refractivity contribution in [2.24, 2.45) is 0 Å². The van der Waals surface area contributed by atoms with E-state index in [4.69, 9.17) is 0 Å². The van der Waals surface area contributed by atoms with Crippen LogP contribution in [0, 0.1) is 18.3 Å². The molecule has 0 saturated heterocycles. The van der Waals surface area contributed by atoms with Crippen molar-refractivity contribution in [3.05, 3.63) is 69.9 Å². The van der Waals surface area contributed by atoms with Crippen LogP contribution in [-0.2, 0) is 24.3 Å². The second-order valence-corrected chi connectivity index (χ2v) is 9.27. The first-order valence-electron chi connectivity index (χ1n) is 9.77. The number of thiophene rings is 1. The van der Waals surface area contributed by atoms with E-state index < -0.39 is 0 Å². The predicted molar refractivity (Wildman–Crippen MR) is 119 cm³/mol. The van der Waals surface area contributed by atoms with Crippen LogP contribution >= 0.6 is 23.1 Å². The summed E-state index contributed by atoms with van der Waals surface area (Å²) in [6.07, 6.45) is 2.55. The summed E-state index contributed by atoms with van der Waals surface area (Å²) in [4.78, 5) is 23.6. The Hall–Kier alpha value is -2.73. The zero-order valence-electron chi connectivity index (χ0n) is 16.6. The Kier molecular flexibility index (Phi) is 6.43. The van der Waals surface area contributed by atoms with E-state index in [0.717, 1.165) is 37.3 Å². The van der Waals surface area contributed by atoms with E-state index in [0.29, 0.717) is 15.7 Å². The number of nitriles is 1. The second kappa shape index (κ2) is 9.39. The van der Waals surface area contributed by atoms with Gasteiger partial charge in [0.1, 0.15) is 24.2 Å². The van der Waals surface area contributed by atoms with Gasteiger partial charge in [-0.1, -0.05) is 42.1 Å². The summed E-state index contributed by atoms with van der Waals surface area (Å²) >= 11 is 2.83. The van der Waals surface area contributed by atoms with Crippen molar-refractivity contribution in [1.82, 2.24) is 9.97 Å². The zero-order chi connectivity index (χ0) is 20.9. The van der Waals surface area contributed by atoms with Crippen LogP contribution in [0.1, 0.15) is 27.3 Å². The quantitative estimate of drug-likeness (QED) is 0.458. The first-order valence-corrected chi connectivity index (χ1v) is 11.6. The molecule has 0 aliphatic carbocycles. The molecule has 8 heteroatoms. The van der Waals surface area contributed by atoms with Gasteiger partial charge in [0.2, 0.25) is 5.91 Å². The molecule has 0 radical (unpaired) electrons. The third kappa shape index (κ3) is 4.87. The molecule has 0 spiro atoms. The molecule has 1 atom stereocenters. The van der Waals surface area contributed by atoms with E-state index in [1.54, 1.807) is 6.20 Å². The molecule has 3 aromatic rings. The zero-order valence-corrected chi connectivity index (χ0v) is 18.3. The van der Waals surface area contributed by atoms with Crippen molar-refractivity contribution in [2.75, 3.05) is 17.6 Å². The average molecular weight is 437 g/mol. The lowest BCUT2D eigenvalue weighted by molar-refractivity contribution is -0.929. The Balaban J connectivity index is 1.41. The smallest absolute Gasteiger partial charge is 0.235 e. The van der Waals surface area contributed by atoms with Crippen LogP contribution in [0.3, 0.4) is 0 Å². The number of nitrogens with one attached hydrogen (secondary N) is 2. The number of aromatic nitrogens is 2. The van der Waals surface area contributed by atoms with Gasteiger partial charge in [0.05, 0.1) is 22.7 Å². The number of carbonyl (C=O) groups is 1. The van der Waals surface area contributed by atoms with Crippen LogP contribution in [0.15, 0.2) is 47.8 Å². The van der Waals surface area contributed by atoms with Gasteiger partial charge in [-0.05, 0) is 18.6 Å². The number of carbonyl (C=O) groups excluding carboxylic acids is 1. The van der Waals surface area contributed by atoms with Crippen LogP contribution < -0.4 is 10.2 Å². The summed E-state index contributed by atoms with van der Waals surface area (Å²) < 4.78 is 0. The maximum atomic E-state index is 12.5. The molecule has 4 rings (SSSR count). The molecule has 1 aromatic carbocycles. The summed E-state index contributed by atoms with van der Waals surface area (Å²) in [6, 6.07) is 14.6. The SMILES string of the molecule is Cc1ccnc(SCC(=O)Nc2sc3c(c2C#N)CC[NH+](Cc2ccccc2)C3)n1. The van der Waals surface area contributed by atoms with Gasteiger partial charge in [-0.25, -0.2) is 9.97 Å². The highest BCUT2D eigenvalue weighted by Gasteiger charge is 2.27. The molecular formula is C22H22N5OS2+. The fraction of sp³-hybridized carbons (Fsp3) is 0.273. The maximum absolute atomic E-state index is 12.5. The highest BCUT2D eigenvalue weighted by molar-refractivity contribution is 7.99. The summed E-state index contributed by atoms with van der Waals surface area (Å²) in [7, 11) is 0. The molecule has 30 heavy (non-hydrogen) atoms. The number of nitrogens with zero attached hydrogens (tertiary/aromatic N) is 3. The normalized spacial score (nSPS) is 15.3. The second-order valence-electron chi connectivity index (χ2n) is 7.23. The van der Waals surface area contributed by atoms with Gasteiger partial charge in [0.15, 0.2) is 5.16 Å². The predicted octanol–water partition coefficient (Wildman–Crippen LogP) is 2.59. The largest absolute Gasteiger partial charge is 0.326 e. The van der Waals surface area contributed by atoms with Crippen LogP contribution in [0.4, 0.5) is 5.00 Å². The summed E-state index contributed by atoms with van der Waals surface area (Å²) in [5, 5.41) is 13.9. The van der Waals surface area contributed by atoms with Crippen molar-refractivity contribution < 1.29 is 9.69 Å². The Labute approximate surface area is 184 Å². The average Bonchev–Trinajstić information content (AvgIpc) is 3.09. The Bertz CT molecular complexity index is 1090. The summed E-state index contributed by atoms with van der Waals surface area (Å²) in [5.41, 5.74) is 3.91. The molecule has 0 saturated carbocycles. The molecule has 1 amide bonds. The van der Waals surface area contributed by atoms with Crippen LogP contribution in [-0.4, -0.2) is 28.2 Å². The van der Waals surface area contributed by atoms with Crippen molar-refractivity contribution >= 4 is 34.0 Å². The molecule has 152 valence electrons. The Morgan fingerprint density at radius 3 is 2.93 bits per heavy atom. The number of rotatable bonds is 6. The van der Waals surface area contributed by atoms with E-state index in [9.17, 15) is 10.1 Å². The van der Waals surface area contributed by atoms with Crippen molar-refractivity contribution in [3.63, 3.8) is 0 Å². The number of hydrogen-bond donors (Lipinski definition) is 2. The molecule has 6 nitrogen and oxygen atoms in total. The van der Waals surface area contributed by atoms with Crippen LogP contribution in [0.2, 0.25) is 0 Å². The molecule has 1 aliphatic heterocycles. The lowest BCUT2D eigenvalue weighted by Crippen LogP contribution is -3.10. The first-order chi connectivity index (χ1) is 14.6. The van der Waals surface area contributed by atoms with E-state index in [-0.39, 0.29) is 11.7 Å². The molecule has 3 heterocycles. The van der Waals surface area contributed by atoms with Gasteiger partial charge >= 0.3 is 0 Å². The molecule has 2 N–H and O–H groups in total. The summed E-state index contributed by atoms with van der Waals surface area (Å²) in [6.45, 7) is 4.73. The number of thioether (sulfide) groups is 1. The number of anilines is 1. The number of benzene rings is 1. The first kappa shape index (κ1) is 20.5. The lowest BCUT2D eigenvalue weighted by atomic mass is 10.0. The van der Waals surface area contributed by atoms with Crippen LogP contribution in [0.5, 0.6) is 0 Å². The van der Waals surface area contributed by atoms with Gasteiger partial charge < -0.3 is 10.2 Å². The monoisotopic (exact) mass is 436 g/mol. The molecule has 0 fully saturated rings. The van der Waals surface area contributed by atoms with E-state index in [1.165, 1.54) is 38.4 Å². The van der Waals surface area contributed by atoms with Gasteiger partial charge in [0.25, 0.3) is 0 Å². The minimum absolute atomic E-state index is 0.145. The molecule has 1 unspecified atom stereocenters. The van der Waals surface area contributed by atoms with Crippen molar-refractivity contribution in [3.8, 4) is 6.07 Å². The molecule has 2 aromatic heterocycles. The topological polar surface area (TPSA) is 83.1 Å². The number of hydrogen-bond acceptors (Lipinski definition) is 6. The number of fused-ring (bicyclic) bond motifs is 1. The van der Waals surface area contributed by atoms with Gasteiger partial charge in [-0.3, -0.25) is 4.79 Å². The van der Waals surface area contributed by atoms with E-state index in [1.807, 2.05) is 19.1 Å². The molecule has 0 bridgehead atoms. The minimum atomic E-state index is -0.145. The van der Waals surface area contributed by atoms with Gasteiger partial charge in [0, 0.05) is 23.9 Å². The Morgan fingerprint density at radius 1 is 1.33 bits per heavy atom. The number of quaternary nitrogens is 1. The number of amides is 1. The standard InChI is InChI=1S/C22H21N5OS2/c1-15-7-9-24-22(25-15)29-14-20(28)26-21-18(11-23)17-8-10-27(13-19(17)30-21)12-16-5-3-2-4-6-16/h2-7,9H,8,10,12-14H2,1H3,(H,26,28)/p+1. The third-order valence-electron chi connectivity index (χ3n) is 5.00. The molecular weight excluding hydrogens is 414 g/mol. The minimum Gasteiger partial charge on any atom is -0.326 e. The fourth-order valence-corrected chi connectivity index (χ4v) is 5.53. The highest BCUT2D eigenvalue weighted by atomic mass is 32.2. The van der Waals surface area contributed by atoms with Crippen LogP contribution in [0.25, 0.3) is 0 Å². The number of aryl methyl sites for hydroxylation is 1. The van der Waals surface area contributed by atoms with Gasteiger partial charge in [-0.15, -0.1) is 11.3 Å². The summed E-state index contributed by atoms with van der Waals surface area (Å²) in [5.74, 6) is 0.0659. The van der Waals surface area contributed by atoms with Crippen molar-refractivity contribution in [1.29, 1.82) is 5.26 Å². The Morgan fingerprint density at radius 2 is 2.17 bits per heavy atom. The lowest BCUT2D eigenvalue weighted by Gasteiger charge is -2.23. The van der Waals surface area contributed by atoms with Gasteiger partial charge in [-0.2, -0.15) is 5.26 Å². The van der Waals surface area contributed by atoms with E-state index >= 15 is 0 Å².